The Balaban J connectivity index is 1.85. The number of rotatable bonds is 4. The van der Waals surface area contributed by atoms with Crippen molar-refractivity contribution in [3.8, 4) is 0 Å². The maximum absolute atomic E-state index is 12.4. The monoisotopic (exact) mass is 334 g/mol. The maximum atomic E-state index is 12.4. The standard InChI is InChI=1S/C14H10N2O4S2/c17-11-7-10(12(18)16(11)14-15-5-6-21-14)22-9-4-2-1-3-8(9)13(19)20/h1-6,10H,7H2,(H,19,20). The summed E-state index contributed by atoms with van der Waals surface area (Å²) in [5, 5.41) is 10.6. The van der Waals surface area contributed by atoms with Gasteiger partial charge >= 0.3 is 5.97 Å². The first-order valence-corrected chi connectivity index (χ1v) is 8.09. The molecule has 1 unspecified atom stereocenters. The molecule has 0 radical (unpaired) electrons. The molecule has 1 aliphatic heterocycles. The van der Waals surface area contributed by atoms with E-state index in [1.54, 1.807) is 23.6 Å². The van der Waals surface area contributed by atoms with Crippen molar-refractivity contribution in [3.63, 3.8) is 0 Å². The zero-order valence-electron chi connectivity index (χ0n) is 11.1. The number of carboxylic acid groups (broad SMARTS) is 1. The van der Waals surface area contributed by atoms with Crippen LogP contribution in [0.15, 0.2) is 40.7 Å². The molecule has 2 aromatic rings. The molecule has 8 heteroatoms. The molecule has 2 amide bonds. The molecule has 1 N–H and O–H groups in total. The van der Waals surface area contributed by atoms with E-state index in [0.29, 0.717) is 10.0 Å². The first-order valence-electron chi connectivity index (χ1n) is 6.33. The van der Waals surface area contributed by atoms with Crippen molar-refractivity contribution in [1.82, 2.24) is 4.98 Å². The van der Waals surface area contributed by atoms with Crippen LogP contribution in [-0.4, -0.2) is 33.1 Å². The summed E-state index contributed by atoms with van der Waals surface area (Å²) in [5.74, 6) is -1.73. The van der Waals surface area contributed by atoms with Crippen LogP contribution >= 0.6 is 23.1 Å². The molecule has 0 bridgehead atoms. The summed E-state index contributed by atoms with van der Waals surface area (Å²) in [7, 11) is 0. The summed E-state index contributed by atoms with van der Waals surface area (Å²) in [6.07, 6.45) is 1.57. The summed E-state index contributed by atoms with van der Waals surface area (Å²) >= 11 is 2.32. The lowest BCUT2D eigenvalue weighted by atomic mass is 10.2. The molecular formula is C14H10N2O4S2. The number of amides is 2. The van der Waals surface area contributed by atoms with Gasteiger partial charge in [0.05, 0.1) is 10.8 Å². The van der Waals surface area contributed by atoms with E-state index >= 15 is 0 Å². The Morgan fingerprint density at radius 2 is 2.14 bits per heavy atom. The van der Waals surface area contributed by atoms with Crippen molar-refractivity contribution in [2.75, 3.05) is 4.90 Å². The third kappa shape index (κ3) is 2.62. The van der Waals surface area contributed by atoms with Crippen LogP contribution < -0.4 is 4.90 Å². The minimum absolute atomic E-state index is 0.0387. The van der Waals surface area contributed by atoms with Gasteiger partial charge in [-0.25, -0.2) is 14.7 Å². The molecule has 1 aliphatic rings. The van der Waals surface area contributed by atoms with Crippen LogP contribution in [0, 0.1) is 0 Å². The Bertz CT molecular complexity index is 745. The zero-order chi connectivity index (χ0) is 15.7. The Morgan fingerprint density at radius 1 is 1.36 bits per heavy atom. The topological polar surface area (TPSA) is 87.6 Å². The lowest BCUT2D eigenvalue weighted by Crippen LogP contribution is -2.30. The fourth-order valence-corrected chi connectivity index (χ4v) is 3.96. The van der Waals surface area contributed by atoms with Crippen LogP contribution in [-0.2, 0) is 9.59 Å². The molecule has 22 heavy (non-hydrogen) atoms. The number of hydrogen-bond acceptors (Lipinski definition) is 6. The second-order valence-electron chi connectivity index (χ2n) is 4.49. The van der Waals surface area contributed by atoms with E-state index in [1.807, 2.05) is 0 Å². The van der Waals surface area contributed by atoms with Crippen molar-refractivity contribution >= 4 is 46.0 Å². The number of aromatic nitrogens is 1. The molecule has 1 aromatic carbocycles. The molecule has 1 fully saturated rings. The fraction of sp³-hybridized carbons (Fsp3) is 0.143. The number of nitrogens with zero attached hydrogens (tertiary/aromatic N) is 2. The van der Waals surface area contributed by atoms with Crippen molar-refractivity contribution in [2.45, 2.75) is 16.6 Å². The largest absolute Gasteiger partial charge is 0.478 e. The summed E-state index contributed by atoms with van der Waals surface area (Å²) in [4.78, 5) is 41.2. The van der Waals surface area contributed by atoms with Gasteiger partial charge in [0.15, 0.2) is 5.13 Å². The third-order valence-corrected chi connectivity index (χ3v) is 5.12. The summed E-state index contributed by atoms with van der Waals surface area (Å²) < 4.78 is 0. The van der Waals surface area contributed by atoms with E-state index in [9.17, 15) is 19.5 Å². The number of benzene rings is 1. The summed E-state index contributed by atoms with van der Waals surface area (Å²) in [6, 6.07) is 6.44. The smallest absolute Gasteiger partial charge is 0.336 e. The van der Waals surface area contributed by atoms with Gasteiger partial charge in [0.25, 0.3) is 0 Å². The van der Waals surface area contributed by atoms with Gasteiger partial charge in [-0.15, -0.1) is 23.1 Å². The Labute approximate surface area is 133 Å². The van der Waals surface area contributed by atoms with Crippen molar-refractivity contribution in [3.05, 3.63) is 41.4 Å². The molecule has 112 valence electrons. The summed E-state index contributed by atoms with van der Waals surface area (Å²) in [5.41, 5.74) is 0.125. The highest BCUT2D eigenvalue weighted by molar-refractivity contribution is 8.00. The number of carbonyl (C=O) groups is 3. The van der Waals surface area contributed by atoms with E-state index in [-0.39, 0.29) is 23.8 Å². The van der Waals surface area contributed by atoms with Gasteiger partial charge in [0, 0.05) is 22.9 Å². The quantitative estimate of drug-likeness (QED) is 0.863. The lowest BCUT2D eigenvalue weighted by Gasteiger charge is -2.12. The normalized spacial score (nSPS) is 18.0. The van der Waals surface area contributed by atoms with E-state index in [0.717, 1.165) is 16.7 Å². The predicted molar refractivity (Wildman–Crippen MR) is 82.3 cm³/mol. The van der Waals surface area contributed by atoms with Crippen molar-refractivity contribution in [2.24, 2.45) is 0 Å². The Morgan fingerprint density at radius 3 is 2.82 bits per heavy atom. The van der Waals surface area contributed by atoms with Gasteiger partial charge in [-0.3, -0.25) is 9.59 Å². The van der Waals surface area contributed by atoms with Crippen LogP contribution in [0.5, 0.6) is 0 Å². The fourth-order valence-electron chi connectivity index (χ4n) is 2.12. The highest BCUT2D eigenvalue weighted by atomic mass is 32.2. The number of thiazole rings is 1. The SMILES string of the molecule is O=C(O)c1ccccc1SC1CC(=O)N(c2nccs2)C1=O. The van der Waals surface area contributed by atoms with Crippen LogP contribution in [0.1, 0.15) is 16.8 Å². The number of hydrogen-bond donors (Lipinski definition) is 1. The van der Waals surface area contributed by atoms with Crippen LogP contribution in [0.25, 0.3) is 0 Å². The molecule has 3 rings (SSSR count). The van der Waals surface area contributed by atoms with Crippen LogP contribution in [0.2, 0.25) is 0 Å². The van der Waals surface area contributed by atoms with Gasteiger partial charge in [-0.05, 0) is 12.1 Å². The molecule has 1 saturated heterocycles. The zero-order valence-corrected chi connectivity index (χ0v) is 12.8. The number of thioether (sulfide) groups is 1. The molecule has 6 nitrogen and oxygen atoms in total. The molecule has 1 atom stereocenters. The van der Waals surface area contributed by atoms with Crippen molar-refractivity contribution < 1.29 is 19.5 Å². The second kappa shape index (κ2) is 5.90. The summed E-state index contributed by atoms with van der Waals surface area (Å²) in [6.45, 7) is 0. The Kier molecular flexibility index (Phi) is 3.95. The van der Waals surface area contributed by atoms with E-state index in [2.05, 4.69) is 4.98 Å². The van der Waals surface area contributed by atoms with Gasteiger partial charge < -0.3 is 5.11 Å². The van der Waals surface area contributed by atoms with Gasteiger partial charge in [0.1, 0.15) is 0 Å². The van der Waals surface area contributed by atoms with Crippen molar-refractivity contribution in [1.29, 1.82) is 0 Å². The Hall–Kier alpha value is -2.19. The number of carbonyl (C=O) groups excluding carboxylic acids is 2. The number of carboxylic acids is 1. The molecule has 0 saturated carbocycles. The molecule has 1 aromatic heterocycles. The molecular weight excluding hydrogens is 324 g/mol. The van der Waals surface area contributed by atoms with Gasteiger partial charge in [0.2, 0.25) is 11.8 Å². The number of aromatic carboxylic acids is 1. The third-order valence-electron chi connectivity index (χ3n) is 3.10. The van der Waals surface area contributed by atoms with E-state index < -0.39 is 11.2 Å². The van der Waals surface area contributed by atoms with Gasteiger partial charge in [-0.2, -0.15) is 0 Å². The molecule has 0 spiro atoms. The second-order valence-corrected chi connectivity index (χ2v) is 6.61. The van der Waals surface area contributed by atoms with E-state index in [1.165, 1.54) is 23.6 Å². The van der Waals surface area contributed by atoms with Crippen LogP contribution in [0.3, 0.4) is 0 Å². The first-order chi connectivity index (χ1) is 10.6. The average Bonchev–Trinajstić information content (AvgIpc) is 3.08. The maximum Gasteiger partial charge on any atom is 0.336 e. The minimum Gasteiger partial charge on any atom is -0.478 e. The van der Waals surface area contributed by atoms with Crippen LogP contribution in [0.4, 0.5) is 5.13 Å². The number of anilines is 1. The first kappa shape index (κ1) is 14.7. The number of imide groups is 1. The molecule has 2 heterocycles. The minimum atomic E-state index is -1.06. The predicted octanol–water partition coefficient (Wildman–Crippen LogP) is 2.27. The highest BCUT2D eigenvalue weighted by Crippen LogP contribution is 2.35. The molecule has 0 aliphatic carbocycles. The van der Waals surface area contributed by atoms with E-state index in [4.69, 9.17) is 0 Å². The highest BCUT2D eigenvalue weighted by Gasteiger charge is 2.41. The lowest BCUT2D eigenvalue weighted by molar-refractivity contribution is -0.121. The van der Waals surface area contributed by atoms with Gasteiger partial charge in [-0.1, -0.05) is 12.1 Å². The average molecular weight is 334 g/mol.